The molecule has 0 fully saturated rings. The highest BCUT2D eigenvalue weighted by atomic mass is 19.1. The Hall–Kier alpha value is -1.67. The van der Waals surface area contributed by atoms with Gasteiger partial charge in [-0.25, -0.2) is 4.39 Å². The molecule has 0 bridgehead atoms. The Kier molecular flexibility index (Phi) is 5.13. The van der Waals surface area contributed by atoms with E-state index in [0.29, 0.717) is 5.56 Å². The summed E-state index contributed by atoms with van der Waals surface area (Å²) in [6, 6.07) is 11.7. The summed E-state index contributed by atoms with van der Waals surface area (Å²) < 4.78 is 14.3. The molecule has 0 radical (unpaired) electrons. The zero-order valence-electron chi connectivity index (χ0n) is 13.3. The largest absolute Gasteiger partial charge is 0.310 e. The van der Waals surface area contributed by atoms with Crippen molar-refractivity contribution in [1.82, 2.24) is 5.32 Å². The quantitative estimate of drug-likeness (QED) is 0.799. The first-order valence-corrected chi connectivity index (χ1v) is 7.64. The number of halogens is 1. The third kappa shape index (κ3) is 3.51. The standard InChI is InChI=1S/C19H24FN/c1-5-11-21-15(4)16-9-10-19(20)18(12-16)17-8-6-7-13(2)14(17)3/h6-10,12,15,21H,5,11H2,1-4H3. The minimum Gasteiger partial charge on any atom is -0.310 e. The Morgan fingerprint density at radius 1 is 1.10 bits per heavy atom. The highest BCUT2D eigenvalue weighted by Gasteiger charge is 2.12. The van der Waals surface area contributed by atoms with Gasteiger partial charge in [-0.3, -0.25) is 0 Å². The fourth-order valence-corrected chi connectivity index (χ4v) is 2.54. The van der Waals surface area contributed by atoms with Crippen molar-refractivity contribution >= 4 is 0 Å². The molecule has 1 N–H and O–H groups in total. The van der Waals surface area contributed by atoms with Gasteiger partial charge in [0.05, 0.1) is 0 Å². The van der Waals surface area contributed by atoms with E-state index < -0.39 is 0 Å². The molecule has 2 aromatic carbocycles. The fourth-order valence-electron chi connectivity index (χ4n) is 2.54. The third-order valence-corrected chi connectivity index (χ3v) is 4.09. The molecular weight excluding hydrogens is 261 g/mol. The molecule has 2 heteroatoms. The molecule has 1 atom stereocenters. The monoisotopic (exact) mass is 285 g/mol. The Bertz CT molecular complexity index is 619. The van der Waals surface area contributed by atoms with Crippen LogP contribution in [0.5, 0.6) is 0 Å². The molecule has 0 heterocycles. The van der Waals surface area contributed by atoms with Crippen LogP contribution < -0.4 is 5.32 Å². The molecule has 0 saturated carbocycles. The van der Waals surface area contributed by atoms with Crippen molar-refractivity contribution in [3.8, 4) is 11.1 Å². The number of aryl methyl sites for hydroxylation is 1. The summed E-state index contributed by atoms with van der Waals surface area (Å²) in [5.74, 6) is -0.157. The normalized spacial score (nSPS) is 12.4. The smallest absolute Gasteiger partial charge is 0.131 e. The summed E-state index contributed by atoms with van der Waals surface area (Å²) >= 11 is 0. The van der Waals surface area contributed by atoms with Crippen LogP contribution in [-0.2, 0) is 0 Å². The number of nitrogens with one attached hydrogen (secondary N) is 1. The molecule has 0 aromatic heterocycles. The van der Waals surface area contributed by atoms with E-state index in [-0.39, 0.29) is 11.9 Å². The lowest BCUT2D eigenvalue weighted by Gasteiger charge is -2.16. The maximum atomic E-state index is 14.3. The minimum atomic E-state index is -0.157. The van der Waals surface area contributed by atoms with E-state index in [9.17, 15) is 4.39 Å². The number of rotatable bonds is 5. The Morgan fingerprint density at radius 2 is 1.86 bits per heavy atom. The Labute approximate surface area is 127 Å². The maximum absolute atomic E-state index is 14.3. The zero-order chi connectivity index (χ0) is 15.4. The van der Waals surface area contributed by atoms with Gasteiger partial charge in [0.25, 0.3) is 0 Å². The SMILES string of the molecule is CCCNC(C)c1ccc(F)c(-c2cccc(C)c2C)c1. The van der Waals surface area contributed by atoms with Crippen molar-refractivity contribution < 1.29 is 4.39 Å². The highest BCUT2D eigenvalue weighted by Crippen LogP contribution is 2.30. The molecule has 1 unspecified atom stereocenters. The van der Waals surface area contributed by atoms with Crippen LogP contribution in [0, 0.1) is 19.7 Å². The molecule has 112 valence electrons. The van der Waals surface area contributed by atoms with Crippen molar-refractivity contribution in [3.63, 3.8) is 0 Å². The number of hydrogen-bond acceptors (Lipinski definition) is 1. The molecule has 2 rings (SSSR count). The van der Waals surface area contributed by atoms with Crippen LogP contribution in [0.25, 0.3) is 11.1 Å². The van der Waals surface area contributed by atoms with Crippen LogP contribution in [0.4, 0.5) is 4.39 Å². The Balaban J connectivity index is 2.42. The molecule has 0 aliphatic carbocycles. The molecular formula is C19H24FN. The summed E-state index contributed by atoms with van der Waals surface area (Å²) in [7, 11) is 0. The van der Waals surface area contributed by atoms with Crippen molar-refractivity contribution in [2.24, 2.45) is 0 Å². The van der Waals surface area contributed by atoms with Gasteiger partial charge in [-0.15, -0.1) is 0 Å². The molecule has 21 heavy (non-hydrogen) atoms. The second-order valence-corrected chi connectivity index (χ2v) is 5.66. The lowest BCUT2D eigenvalue weighted by molar-refractivity contribution is 0.568. The third-order valence-electron chi connectivity index (χ3n) is 4.09. The molecule has 2 aromatic rings. The first kappa shape index (κ1) is 15.7. The molecule has 0 aliphatic rings. The van der Waals surface area contributed by atoms with E-state index in [2.05, 4.69) is 39.1 Å². The molecule has 0 spiro atoms. The zero-order valence-corrected chi connectivity index (χ0v) is 13.3. The van der Waals surface area contributed by atoms with E-state index in [1.54, 1.807) is 6.07 Å². The van der Waals surface area contributed by atoms with Gasteiger partial charge in [-0.2, -0.15) is 0 Å². The topological polar surface area (TPSA) is 12.0 Å². The molecule has 1 nitrogen and oxygen atoms in total. The molecule has 0 aliphatic heterocycles. The Morgan fingerprint density at radius 3 is 2.57 bits per heavy atom. The summed E-state index contributed by atoms with van der Waals surface area (Å²) in [4.78, 5) is 0. The summed E-state index contributed by atoms with van der Waals surface area (Å²) in [6.45, 7) is 9.35. The predicted octanol–water partition coefficient (Wildman–Crippen LogP) is 5.17. The predicted molar refractivity (Wildman–Crippen MR) is 88.0 cm³/mol. The molecule has 0 amide bonds. The van der Waals surface area contributed by atoms with Gasteiger partial charge >= 0.3 is 0 Å². The van der Waals surface area contributed by atoms with Gasteiger partial charge in [-0.1, -0.05) is 31.2 Å². The van der Waals surface area contributed by atoms with Crippen molar-refractivity contribution in [3.05, 3.63) is 58.9 Å². The highest BCUT2D eigenvalue weighted by molar-refractivity contribution is 5.69. The van der Waals surface area contributed by atoms with Gasteiger partial charge in [0, 0.05) is 11.6 Å². The van der Waals surface area contributed by atoms with Crippen LogP contribution in [0.2, 0.25) is 0 Å². The van der Waals surface area contributed by atoms with Crippen molar-refractivity contribution in [2.75, 3.05) is 6.54 Å². The number of benzene rings is 2. The van der Waals surface area contributed by atoms with Gasteiger partial charge < -0.3 is 5.32 Å². The van der Waals surface area contributed by atoms with Gasteiger partial charge in [0.1, 0.15) is 5.82 Å². The first-order chi connectivity index (χ1) is 10.0. The van der Waals surface area contributed by atoms with Gasteiger partial charge in [0.15, 0.2) is 0 Å². The first-order valence-electron chi connectivity index (χ1n) is 7.64. The van der Waals surface area contributed by atoms with E-state index in [1.165, 1.54) is 5.56 Å². The van der Waals surface area contributed by atoms with E-state index >= 15 is 0 Å². The van der Waals surface area contributed by atoms with E-state index in [0.717, 1.165) is 29.7 Å². The van der Waals surface area contributed by atoms with Crippen molar-refractivity contribution in [1.29, 1.82) is 0 Å². The average Bonchev–Trinajstić information content (AvgIpc) is 2.48. The lowest BCUT2D eigenvalue weighted by atomic mass is 9.94. The molecule has 0 saturated heterocycles. The van der Waals surface area contributed by atoms with Crippen LogP contribution in [0.3, 0.4) is 0 Å². The number of hydrogen-bond donors (Lipinski definition) is 1. The van der Waals surface area contributed by atoms with Crippen LogP contribution >= 0.6 is 0 Å². The van der Waals surface area contributed by atoms with Gasteiger partial charge in [0.2, 0.25) is 0 Å². The van der Waals surface area contributed by atoms with Crippen LogP contribution in [-0.4, -0.2) is 6.54 Å². The van der Waals surface area contributed by atoms with Crippen LogP contribution in [0.1, 0.15) is 43.0 Å². The summed E-state index contributed by atoms with van der Waals surface area (Å²) in [6.07, 6.45) is 1.09. The second kappa shape index (κ2) is 6.86. The fraction of sp³-hybridized carbons (Fsp3) is 0.368. The van der Waals surface area contributed by atoms with Crippen LogP contribution in [0.15, 0.2) is 36.4 Å². The van der Waals surface area contributed by atoms with Gasteiger partial charge in [-0.05, 0) is 68.1 Å². The lowest BCUT2D eigenvalue weighted by Crippen LogP contribution is -2.19. The average molecular weight is 285 g/mol. The van der Waals surface area contributed by atoms with Crippen molar-refractivity contribution in [2.45, 2.75) is 40.2 Å². The summed E-state index contributed by atoms with van der Waals surface area (Å²) in [5, 5.41) is 3.45. The summed E-state index contributed by atoms with van der Waals surface area (Å²) in [5.41, 5.74) is 5.13. The maximum Gasteiger partial charge on any atom is 0.131 e. The van der Waals surface area contributed by atoms with E-state index in [1.807, 2.05) is 24.3 Å². The van der Waals surface area contributed by atoms with E-state index in [4.69, 9.17) is 0 Å². The second-order valence-electron chi connectivity index (χ2n) is 5.66. The minimum absolute atomic E-state index is 0.157.